The molecule has 0 atom stereocenters. The van der Waals surface area contributed by atoms with Gasteiger partial charge in [0.25, 0.3) is 0 Å². The first-order chi connectivity index (χ1) is 13.1. The molecule has 3 rings (SSSR count). The van der Waals surface area contributed by atoms with Crippen molar-refractivity contribution in [2.45, 2.75) is 38.6 Å². The van der Waals surface area contributed by atoms with E-state index in [9.17, 15) is 16.8 Å². The van der Waals surface area contributed by atoms with Crippen molar-refractivity contribution >= 4 is 25.7 Å². The van der Waals surface area contributed by atoms with E-state index in [2.05, 4.69) is 4.72 Å². The maximum atomic E-state index is 13.0. The monoisotopic (exact) mass is 422 g/mol. The highest BCUT2D eigenvalue weighted by Gasteiger charge is 2.28. The molecule has 0 bridgehead atoms. The number of sulfonamides is 2. The second kappa shape index (κ2) is 7.85. The first-order valence-electron chi connectivity index (χ1n) is 9.26. The number of aryl methyl sites for hydroxylation is 1. The molecular formula is C20H26N2O4S2. The smallest absolute Gasteiger partial charge is 0.243 e. The van der Waals surface area contributed by atoms with Crippen molar-refractivity contribution in [3.63, 3.8) is 0 Å². The van der Waals surface area contributed by atoms with Crippen molar-refractivity contribution in [1.82, 2.24) is 4.31 Å². The third-order valence-electron chi connectivity index (χ3n) is 4.67. The standard InChI is InChI=1S/C20H26N2O4S2/c1-15(2)14-27(23,24)21-19-7-6-17-10-11-22(13-18(17)12-19)28(25,26)20-8-4-16(3)5-9-20/h4-9,12,15,21H,10-11,13-14H2,1-3H3. The lowest BCUT2D eigenvalue weighted by atomic mass is 10.0. The van der Waals surface area contributed by atoms with Gasteiger partial charge in [0.05, 0.1) is 10.6 Å². The summed E-state index contributed by atoms with van der Waals surface area (Å²) < 4.78 is 54.4. The summed E-state index contributed by atoms with van der Waals surface area (Å²) in [6, 6.07) is 12.2. The lowest BCUT2D eigenvalue weighted by Crippen LogP contribution is -2.36. The highest BCUT2D eigenvalue weighted by atomic mass is 32.2. The van der Waals surface area contributed by atoms with Gasteiger partial charge in [0.15, 0.2) is 0 Å². The Hall–Kier alpha value is -1.90. The van der Waals surface area contributed by atoms with Crippen molar-refractivity contribution in [2.24, 2.45) is 5.92 Å². The molecule has 0 spiro atoms. The zero-order chi connectivity index (χ0) is 20.5. The Balaban J connectivity index is 1.83. The van der Waals surface area contributed by atoms with Crippen LogP contribution < -0.4 is 4.72 Å². The van der Waals surface area contributed by atoms with Crippen LogP contribution in [0.5, 0.6) is 0 Å². The minimum atomic E-state index is -3.59. The zero-order valence-corrected chi connectivity index (χ0v) is 18.0. The van der Waals surface area contributed by atoms with Crippen molar-refractivity contribution in [3.05, 3.63) is 59.2 Å². The Bertz CT molecular complexity index is 1060. The lowest BCUT2D eigenvalue weighted by Gasteiger charge is -2.28. The van der Waals surface area contributed by atoms with Gasteiger partial charge >= 0.3 is 0 Å². The van der Waals surface area contributed by atoms with Crippen LogP contribution in [0.4, 0.5) is 5.69 Å². The average molecular weight is 423 g/mol. The number of nitrogens with zero attached hydrogens (tertiary/aromatic N) is 1. The minimum absolute atomic E-state index is 0.0188. The fraction of sp³-hybridized carbons (Fsp3) is 0.400. The topological polar surface area (TPSA) is 83.6 Å². The molecule has 1 heterocycles. The van der Waals surface area contributed by atoms with E-state index in [1.807, 2.05) is 26.8 Å². The maximum absolute atomic E-state index is 13.0. The third kappa shape index (κ3) is 4.74. The maximum Gasteiger partial charge on any atom is 0.243 e. The van der Waals surface area contributed by atoms with Gasteiger partial charge in [0.2, 0.25) is 20.0 Å². The van der Waals surface area contributed by atoms with Crippen molar-refractivity contribution in [1.29, 1.82) is 0 Å². The predicted molar refractivity (Wildman–Crippen MR) is 111 cm³/mol. The van der Waals surface area contributed by atoms with E-state index in [-0.39, 0.29) is 23.1 Å². The van der Waals surface area contributed by atoms with Crippen LogP contribution in [-0.4, -0.2) is 33.4 Å². The molecule has 0 aliphatic carbocycles. The molecule has 2 aromatic rings. The summed E-state index contributed by atoms with van der Waals surface area (Å²) in [5.74, 6) is 0.0585. The Morgan fingerprint density at radius 1 is 1.00 bits per heavy atom. The summed E-state index contributed by atoms with van der Waals surface area (Å²) in [7, 11) is -7.02. The molecule has 0 saturated heterocycles. The lowest BCUT2D eigenvalue weighted by molar-refractivity contribution is 0.391. The Morgan fingerprint density at radius 3 is 2.32 bits per heavy atom. The SMILES string of the molecule is Cc1ccc(S(=O)(=O)N2CCc3ccc(NS(=O)(=O)CC(C)C)cc3C2)cc1. The van der Waals surface area contributed by atoms with Gasteiger partial charge in [-0.25, -0.2) is 16.8 Å². The number of hydrogen-bond donors (Lipinski definition) is 1. The molecule has 1 aliphatic rings. The first-order valence-corrected chi connectivity index (χ1v) is 12.4. The second-order valence-corrected chi connectivity index (χ2v) is 11.4. The van der Waals surface area contributed by atoms with Gasteiger partial charge in [-0.15, -0.1) is 0 Å². The summed E-state index contributed by atoms with van der Waals surface area (Å²) in [6.45, 7) is 6.24. The van der Waals surface area contributed by atoms with E-state index in [4.69, 9.17) is 0 Å². The summed E-state index contributed by atoms with van der Waals surface area (Å²) in [5, 5.41) is 0. The highest BCUT2D eigenvalue weighted by molar-refractivity contribution is 7.92. The number of nitrogens with one attached hydrogen (secondary N) is 1. The highest BCUT2D eigenvalue weighted by Crippen LogP contribution is 2.27. The first kappa shape index (κ1) is 20.8. The quantitative estimate of drug-likeness (QED) is 0.775. The molecule has 0 amide bonds. The largest absolute Gasteiger partial charge is 0.284 e. The summed E-state index contributed by atoms with van der Waals surface area (Å²) in [4.78, 5) is 0.273. The average Bonchev–Trinajstić information content (AvgIpc) is 2.60. The molecule has 0 unspecified atom stereocenters. The molecule has 1 N–H and O–H groups in total. The zero-order valence-electron chi connectivity index (χ0n) is 16.3. The number of rotatable bonds is 6. The van der Waals surface area contributed by atoms with Gasteiger partial charge in [-0.3, -0.25) is 4.72 Å². The van der Waals surface area contributed by atoms with Gasteiger partial charge in [0.1, 0.15) is 0 Å². The van der Waals surface area contributed by atoms with E-state index in [0.717, 1.165) is 16.7 Å². The molecule has 8 heteroatoms. The van der Waals surface area contributed by atoms with Gasteiger partial charge in [-0.1, -0.05) is 37.6 Å². The normalized spacial score (nSPS) is 15.4. The summed E-state index contributed by atoms with van der Waals surface area (Å²) in [5.41, 5.74) is 3.34. The Kier molecular flexibility index (Phi) is 5.84. The van der Waals surface area contributed by atoms with E-state index in [1.54, 1.807) is 36.4 Å². The van der Waals surface area contributed by atoms with E-state index >= 15 is 0 Å². The van der Waals surface area contributed by atoms with Crippen molar-refractivity contribution in [3.8, 4) is 0 Å². The molecule has 152 valence electrons. The molecule has 0 aromatic heterocycles. The molecule has 0 radical (unpaired) electrons. The van der Waals surface area contributed by atoms with Gasteiger partial charge < -0.3 is 0 Å². The molecule has 0 fully saturated rings. The molecule has 0 saturated carbocycles. The van der Waals surface area contributed by atoms with Crippen LogP contribution in [0.25, 0.3) is 0 Å². The Morgan fingerprint density at radius 2 is 1.68 bits per heavy atom. The van der Waals surface area contributed by atoms with Crippen LogP contribution in [0.1, 0.15) is 30.5 Å². The summed E-state index contributed by atoms with van der Waals surface area (Å²) >= 11 is 0. The molecular weight excluding hydrogens is 396 g/mol. The Labute approximate surface area is 167 Å². The van der Waals surface area contributed by atoms with Crippen LogP contribution in [0.15, 0.2) is 47.4 Å². The minimum Gasteiger partial charge on any atom is -0.284 e. The molecule has 1 aliphatic heterocycles. The van der Waals surface area contributed by atoms with Gasteiger partial charge in [-0.2, -0.15) is 4.31 Å². The molecule has 2 aromatic carbocycles. The fourth-order valence-corrected chi connectivity index (χ4v) is 6.19. The van der Waals surface area contributed by atoms with E-state index in [0.29, 0.717) is 18.7 Å². The van der Waals surface area contributed by atoms with E-state index < -0.39 is 20.0 Å². The summed E-state index contributed by atoms with van der Waals surface area (Å²) in [6.07, 6.45) is 0.597. The number of fused-ring (bicyclic) bond motifs is 1. The van der Waals surface area contributed by atoms with E-state index in [1.165, 1.54) is 4.31 Å². The molecule has 6 nitrogen and oxygen atoms in total. The third-order valence-corrected chi connectivity index (χ3v) is 8.18. The van der Waals surface area contributed by atoms with Crippen molar-refractivity contribution in [2.75, 3.05) is 17.0 Å². The molecule has 28 heavy (non-hydrogen) atoms. The van der Waals surface area contributed by atoms with Crippen LogP contribution in [-0.2, 0) is 33.0 Å². The fourth-order valence-electron chi connectivity index (χ4n) is 3.32. The predicted octanol–water partition coefficient (Wildman–Crippen LogP) is 3.14. The van der Waals surface area contributed by atoms with Gasteiger partial charge in [-0.05, 0) is 54.7 Å². The van der Waals surface area contributed by atoms with Gasteiger partial charge in [0, 0.05) is 18.8 Å². The number of hydrogen-bond acceptors (Lipinski definition) is 4. The van der Waals surface area contributed by atoms with Crippen LogP contribution in [0.3, 0.4) is 0 Å². The van der Waals surface area contributed by atoms with Crippen LogP contribution >= 0.6 is 0 Å². The second-order valence-electron chi connectivity index (χ2n) is 7.66. The van der Waals surface area contributed by atoms with Crippen LogP contribution in [0, 0.1) is 12.8 Å². The van der Waals surface area contributed by atoms with Crippen LogP contribution in [0.2, 0.25) is 0 Å². The number of benzene rings is 2. The number of anilines is 1. The van der Waals surface area contributed by atoms with Crippen molar-refractivity contribution < 1.29 is 16.8 Å².